The molecule has 6 nitrogen and oxygen atoms in total. The first-order valence-corrected chi connectivity index (χ1v) is 9.22. The van der Waals surface area contributed by atoms with Gasteiger partial charge in [-0.1, -0.05) is 30.0 Å². The van der Waals surface area contributed by atoms with Gasteiger partial charge in [0.05, 0.1) is 10.8 Å². The zero-order chi connectivity index (χ0) is 19.7. The summed E-state index contributed by atoms with van der Waals surface area (Å²) in [5.41, 5.74) is 1.89. The summed E-state index contributed by atoms with van der Waals surface area (Å²) in [4.78, 5) is 15.4. The maximum Gasteiger partial charge on any atom is 0.277 e. The van der Waals surface area contributed by atoms with E-state index in [0.717, 1.165) is 40.4 Å². The summed E-state index contributed by atoms with van der Waals surface area (Å²) in [7, 11) is 0. The summed E-state index contributed by atoms with van der Waals surface area (Å²) in [6, 6.07) is 10.9. The van der Waals surface area contributed by atoms with Crippen molar-refractivity contribution in [2.75, 3.05) is 5.32 Å². The molecule has 4 aromatic rings. The third kappa shape index (κ3) is 3.61. The van der Waals surface area contributed by atoms with Crippen molar-refractivity contribution in [3.63, 3.8) is 0 Å². The molecule has 0 radical (unpaired) electrons. The van der Waals surface area contributed by atoms with E-state index >= 15 is 0 Å². The van der Waals surface area contributed by atoms with Gasteiger partial charge in [-0.15, -0.1) is 10.2 Å². The number of nitrogens with zero attached hydrogens (tertiary/aromatic N) is 2. The number of carbonyl (C=O) groups is 1. The SMILES string of the molecule is C[C@H](Sc1nnc(-c2c[nH]c3ccccc23)o1)C(=O)Nc1ccc(F)c(F)c1. The maximum absolute atomic E-state index is 13.3. The lowest BCUT2D eigenvalue weighted by molar-refractivity contribution is -0.115. The monoisotopic (exact) mass is 400 g/mol. The van der Waals surface area contributed by atoms with Gasteiger partial charge in [-0.3, -0.25) is 4.79 Å². The summed E-state index contributed by atoms with van der Waals surface area (Å²) in [5.74, 6) is -2.06. The highest BCUT2D eigenvalue weighted by molar-refractivity contribution is 8.00. The van der Waals surface area contributed by atoms with Crippen LogP contribution in [0.1, 0.15) is 6.92 Å². The van der Waals surface area contributed by atoms with Crippen LogP contribution in [0.25, 0.3) is 22.4 Å². The Hall–Kier alpha value is -3.20. The van der Waals surface area contributed by atoms with Gasteiger partial charge in [-0.05, 0) is 25.1 Å². The number of hydrogen-bond donors (Lipinski definition) is 2. The van der Waals surface area contributed by atoms with Crippen molar-refractivity contribution in [2.45, 2.75) is 17.4 Å². The fourth-order valence-electron chi connectivity index (χ4n) is 2.64. The van der Waals surface area contributed by atoms with Crippen molar-refractivity contribution < 1.29 is 18.0 Å². The zero-order valence-electron chi connectivity index (χ0n) is 14.6. The number of thioether (sulfide) groups is 1. The third-order valence-corrected chi connectivity index (χ3v) is 4.99. The van der Waals surface area contributed by atoms with Gasteiger partial charge >= 0.3 is 0 Å². The van der Waals surface area contributed by atoms with E-state index in [1.807, 2.05) is 24.3 Å². The second-order valence-corrected chi connectivity index (χ2v) is 7.29. The average molecular weight is 400 g/mol. The van der Waals surface area contributed by atoms with Gasteiger partial charge in [-0.2, -0.15) is 0 Å². The number of rotatable bonds is 5. The highest BCUT2D eigenvalue weighted by Gasteiger charge is 2.20. The predicted molar refractivity (Wildman–Crippen MR) is 102 cm³/mol. The number of halogens is 2. The Morgan fingerprint density at radius 1 is 1.18 bits per heavy atom. The highest BCUT2D eigenvalue weighted by atomic mass is 32.2. The van der Waals surface area contributed by atoms with Gasteiger partial charge in [0.25, 0.3) is 11.1 Å². The molecule has 0 aliphatic rings. The Labute approximate surface area is 162 Å². The van der Waals surface area contributed by atoms with Crippen LogP contribution in [0.5, 0.6) is 0 Å². The lowest BCUT2D eigenvalue weighted by atomic mass is 10.2. The van der Waals surface area contributed by atoms with Crippen molar-refractivity contribution in [1.82, 2.24) is 15.2 Å². The molecule has 4 rings (SSSR count). The molecule has 28 heavy (non-hydrogen) atoms. The number of amides is 1. The normalized spacial score (nSPS) is 12.2. The van der Waals surface area contributed by atoms with Crippen molar-refractivity contribution in [1.29, 1.82) is 0 Å². The molecule has 1 atom stereocenters. The first kappa shape index (κ1) is 18.2. The molecule has 0 spiro atoms. The van der Waals surface area contributed by atoms with Crippen LogP contribution in [0.3, 0.4) is 0 Å². The average Bonchev–Trinajstić information content (AvgIpc) is 3.31. The fourth-order valence-corrected chi connectivity index (χ4v) is 3.32. The maximum atomic E-state index is 13.3. The Bertz CT molecular complexity index is 1160. The van der Waals surface area contributed by atoms with Gasteiger partial charge in [0.1, 0.15) is 0 Å². The van der Waals surface area contributed by atoms with Crippen molar-refractivity contribution >= 4 is 34.3 Å². The Balaban J connectivity index is 1.45. The molecule has 0 saturated heterocycles. The van der Waals surface area contributed by atoms with E-state index in [4.69, 9.17) is 4.42 Å². The van der Waals surface area contributed by atoms with Crippen LogP contribution in [0.4, 0.5) is 14.5 Å². The van der Waals surface area contributed by atoms with Gasteiger partial charge in [0.15, 0.2) is 11.6 Å². The number of H-pyrrole nitrogens is 1. The molecular formula is C19H14F2N4O2S. The number of anilines is 1. The van der Waals surface area contributed by atoms with E-state index in [2.05, 4.69) is 20.5 Å². The molecule has 0 fully saturated rings. The summed E-state index contributed by atoms with van der Waals surface area (Å²) < 4.78 is 31.9. The molecule has 1 amide bonds. The summed E-state index contributed by atoms with van der Waals surface area (Å²) >= 11 is 1.07. The number of nitrogens with one attached hydrogen (secondary N) is 2. The van der Waals surface area contributed by atoms with Crippen LogP contribution in [0.2, 0.25) is 0 Å². The molecule has 142 valence electrons. The molecule has 0 bridgehead atoms. The van der Waals surface area contributed by atoms with Crippen molar-refractivity contribution in [3.8, 4) is 11.5 Å². The largest absolute Gasteiger partial charge is 0.411 e. The predicted octanol–water partition coefficient (Wildman–Crippen LogP) is 4.62. The van der Waals surface area contributed by atoms with E-state index in [9.17, 15) is 13.6 Å². The van der Waals surface area contributed by atoms with Gasteiger partial charge in [-0.25, -0.2) is 8.78 Å². The second-order valence-electron chi connectivity index (χ2n) is 6.00. The minimum atomic E-state index is -1.03. The molecule has 2 heterocycles. The van der Waals surface area contributed by atoms with E-state index in [-0.39, 0.29) is 10.9 Å². The topological polar surface area (TPSA) is 83.8 Å². The quantitative estimate of drug-likeness (QED) is 0.478. The first-order chi connectivity index (χ1) is 13.5. The number of aromatic amines is 1. The lowest BCUT2D eigenvalue weighted by Crippen LogP contribution is -2.22. The zero-order valence-corrected chi connectivity index (χ0v) is 15.4. The van der Waals surface area contributed by atoms with E-state index in [1.54, 1.807) is 13.1 Å². The molecule has 0 saturated carbocycles. The molecule has 9 heteroatoms. The number of fused-ring (bicyclic) bond motifs is 1. The van der Waals surface area contributed by atoms with E-state index in [1.165, 1.54) is 6.07 Å². The van der Waals surface area contributed by atoms with Crippen molar-refractivity contribution in [3.05, 3.63) is 60.3 Å². The lowest BCUT2D eigenvalue weighted by Gasteiger charge is -2.10. The Morgan fingerprint density at radius 3 is 2.82 bits per heavy atom. The van der Waals surface area contributed by atoms with Crippen LogP contribution in [0, 0.1) is 11.6 Å². The van der Waals surface area contributed by atoms with Gasteiger partial charge < -0.3 is 14.7 Å². The Morgan fingerprint density at radius 2 is 2.00 bits per heavy atom. The summed E-state index contributed by atoms with van der Waals surface area (Å²) in [6.45, 7) is 1.65. The van der Waals surface area contributed by atoms with Gasteiger partial charge in [0.2, 0.25) is 5.91 Å². The number of carbonyl (C=O) groups excluding carboxylic acids is 1. The fraction of sp³-hybridized carbons (Fsp3) is 0.105. The minimum absolute atomic E-state index is 0.168. The smallest absolute Gasteiger partial charge is 0.277 e. The standard InChI is InChI=1S/C19H14F2N4O2S/c1-10(17(26)23-11-6-7-14(20)15(21)8-11)28-19-25-24-18(27-19)13-9-22-16-5-3-2-4-12(13)16/h2-10,22H,1H3,(H,23,26)/t10-/m0/s1. The Kier molecular flexibility index (Phi) is 4.82. The number of aromatic nitrogens is 3. The third-order valence-electron chi connectivity index (χ3n) is 4.06. The van der Waals surface area contributed by atoms with Crippen LogP contribution < -0.4 is 5.32 Å². The molecular weight excluding hydrogens is 386 g/mol. The number of para-hydroxylation sites is 1. The molecule has 0 aliphatic heterocycles. The minimum Gasteiger partial charge on any atom is -0.411 e. The molecule has 2 N–H and O–H groups in total. The van der Waals surface area contributed by atoms with E-state index < -0.39 is 22.8 Å². The van der Waals surface area contributed by atoms with Crippen molar-refractivity contribution in [2.24, 2.45) is 0 Å². The van der Waals surface area contributed by atoms with Gasteiger partial charge in [0, 0.05) is 28.9 Å². The molecule has 2 aromatic carbocycles. The number of hydrogen-bond acceptors (Lipinski definition) is 5. The summed E-state index contributed by atoms with van der Waals surface area (Å²) in [6.07, 6.45) is 1.78. The molecule has 0 unspecified atom stereocenters. The van der Waals surface area contributed by atoms with Crippen LogP contribution in [-0.2, 0) is 4.79 Å². The molecule has 2 aromatic heterocycles. The number of benzene rings is 2. The first-order valence-electron chi connectivity index (χ1n) is 8.34. The van der Waals surface area contributed by atoms with Crippen LogP contribution in [0.15, 0.2) is 58.3 Å². The van der Waals surface area contributed by atoms with Crippen LogP contribution in [-0.4, -0.2) is 26.3 Å². The van der Waals surface area contributed by atoms with Crippen LogP contribution >= 0.6 is 11.8 Å². The second kappa shape index (κ2) is 7.43. The van der Waals surface area contributed by atoms with E-state index in [0.29, 0.717) is 5.89 Å². The molecule has 0 aliphatic carbocycles. The highest BCUT2D eigenvalue weighted by Crippen LogP contribution is 2.31. The summed E-state index contributed by atoms with van der Waals surface area (Å²) in [5, 5.41) is 11.1.